The highest BCUT2D eigenvalue weighted by molar-refractivity contribution is 5.83. The van der Waals surface area contributed by atoms with Gasteiger partial charge in [-0.25, -0.2) is 0 Å². The second-order valence-electron chi connectivity index (χ2n) is 5.46. The summed E-state index contributed by atoms with van der Waals surface area (Å²) in [5.74, 6) is 0.247. The van der Waals surface area contributed by atoms with Gasteiger partial charge >= 0.3 is 0 Å². The highest BCUT2D eigenvalue weighted by Crippen LogP contribution is 2.30. The molecule has 1 saturated heterocycles. The van der Waals surface area contributed by atoms with Gasteiger partial charge in [0.1, 0.15) is 0 Å². The summed E-state index contributed by atoms with van der Waals surface area (Å²) in [6.45, 7) is 8.78. The number of nitrogens with zero attached hydrogens (tertiary/aromatic N) is 1. The van der Waals surface area contributed by atoms with E-state index in [0.717, 1.165) is 19.3 Å². The molecule has 94 valence electrons. The van der Waals surface area contributed by atoms with Gasteiger partial charge in [0.25, 0.3) is 0 Å². The summed E-state index contributed by atoms with van der Waals surface area (Å²) in [6, 6.07) is 0.738. The maximum absolute atomic E-state index is 12.5. The Balaban J connectivity index is 2.85. The van der Waals surface area contributed by atoms with E-state index in [2.05, 4.69) is 18.7 Å². The predicted molar refractivity (Wildman–Crippen MR) is 67.1 cm³/mol. The molecule has 2 N–H and O–H groups in total. The van der Waals surface area contributed by atoms with E-state index in [0.29, 0.717) is 18.6 Å². The van der Waals surface area contributed by atoms with Crippen molar-refractivity contribution in [3.63, 3.8) is 0 Å². The van der Waals surface area contributed by atoms with Crippen molar-refractivity contribution in [2.75, 3.05) is 6.54 Å². The lowest BCUT2D eigenvalue weighted by atomic mass is 9.83. The van der Waals surface area contributed by atoms with Crippen LogP contribution in [0.3, 0.4) is 0 Å². The molecule has 1 heterocycles. The molecular formula is C13H26N2O. The van der Waals surface area contributed by atoms with E-state index in [4.69, 9.17) is 5.73 Å². The van der Waals surface area contributed by atoms with Crippen LogP contribution in [-0.4, -0.2) is 29.4 Å². The van der Waals surface area contributed by atoms with Crippen molar-refractivity contribution in [3.05, 3.63) is 0 Å². The lowest BCUT2D eigenvalue weighted by Crippen LogP contribution is -2.54. The van der Waals surface area contributed by atoms with Gasteiger partial charge in [0, 0.05) is 18.6 Å². The van der Waals surface area contributed by atoms with Gasteiger partial charge in [0.2, 0.25) is 5.91 Å². The second-order valence-corrected chi connectivity index (χ2v) is 5.46. The first-order chi connectivity index (χ1) is 7.46. The zero-order chi connectivity index (χ0) is 12.3. The van der Waals surface area contributed by atoms with E-state index in [1.54, 1.807) is 0 Å². The van der Waals surface area contributed by atoms with Crippen LogP contribution in [0.5, 0.6) is 0 Å². The Morgan fingerprint density at radius 2 is 1.88 bits per heavy atom. The molecule has 3 atom stereocenters. The van der Waals surface area contributed by atoms with E-state index >= 15 is 0 Å². The molecule has 0 spiro atoms. The van der Waals surface area contributed by atoms with Crippen LogP contribution in [0, 0.1) is 5.41 Å². The Labute approximate surface area is 99.4 Å². The van der Waals surface area contributed by atoms with Crippen molar-refractivity contribution in [1.29, 1.82) is 0 Å². The SMILES string of the molecule is CCC(C)(CN)C(=O)N1C(C)CCCC1C. The quantitative estimate of drug-likeness (QED) is 0.801. The number of piperidine rings is 1. The molecule has 1 aliphatic rings. The van der Waals surface area contributed by atoms with Crippen LogP contribution in [0.2, 0.25) is 0 Å². The maximum atomic E-state index is 12.5. The fraction of sp³-hybridized carbons (Fsp3) is 0.923. The average molecular weight is 226 g/mol. The number of hydrogen-bond acceptors (Lipinski definition) is 2. The monoisotopic (exact) mass is 226 g/mol. The number of hydrogen-bond donors (Lipinski definition) is 1. The van der Waals surface area contributed by atoms with Crippen LogP contribution in [0.15, 0.2) is 0 Å². The van der Waals surface area contributed by atoms with Gasteiger partial charge < -0.3 is 10.6 Å². The normalized spacial score (nSPS) is 29.9. The molecule has 1 fully saturated rings. The van der Waals surface area contributed by atoms with Crippen molar-refractivity contribution < 1.29 is 4.79 Å². The van der Waals surface area contributed by atoms with E-state index < -0.39 is 0 Å². The molecule has 0 aromatic carbocycles. The summed E-state index contributed by atoms with van der Waals surface area (Å²) >= 11 is 0. The molecule has 1 aliphatic heterocycles. The fourth-order valence-corrected chi connectivity index (χ4v) is 2.52. The van der Waals surface area contributed by atoms with Crippen molar-refractivity contribution in [3.8, 4) is 0 Å². The molecule has 16 heavy (non-hydrogen) atoms. The number of likely N-dealkylation sites (tertiary alicyclic amines) is 1. The van der Waals surface area contributed by atoms with E-state index in [-0.39, 0.29) is 11.3 Å². The second kappa shape index (κ2) is 5.17. The van der Waals surface area contributed by atoms with Crippen LogP contribution < -0.4 is 5.73 Å². The first kappa shape index (κ1) is 13.5. The molecule has 3 heteroatoms. The molecule has 0 saturated carbocycles. The fourth-order valence-electron chi connectivity index (χ4n) is 2.52. The molecule has 3 unspecified atom stereocenters. The summed E-state index contributed by atoms with van der Waals surface area (Å²) < 4.78 is 0. The summed E-state index contributed by atoms with van der Waals surface area (Å²) in [6.07, 6.45) is 4.30. The van der Waals surface area contributed by atoms with Crippen LogP contribution >= 0.6 is 0 Å². The largest absolute Gasteiger partial charge is 0.337 e. The van der Waals surface area contributed by atoms with Crippen molar-refractivity contribution in [2.45, 2.75) is 65.5 Å². The minimum atomic E-state index is -0.375. The Bertz CT molecular complexity index is 238. The Morgan fingerprint density at radius 1 is 1.38 bits per heavy atom. The maximum Gasteiger partial charge on any atom is 0.230 e. The molecule has 1 amide bonds. The van der Waals surface area contributed by atoms with Gasteiger partial charge in [-0.3, -0.25) is 4.79 Å². The molecule has 0 bridgehead atoms. The van der Waals surface area contributed by atoms with Crippen LogP contribution in [0.1, 0.15) is 53.4 Å². The van der Waals surface area contributed by atoms with Crippen molar-refractivity contribution in [2.24, 2.45) is 11.1 Å². The number of carbonyl (C=O) groups excluding carboxylic acids is 1. The zero-order valence-corrected chi connectivity index (χ0v) is 11.1. The van der Waals surface area contributed by atoms with Gasteiger partial charge in [-0.05, 0) is 46.5 Å². The van der Waals surface area contributed by atoms with Crippen LogP contribution in [0.4, 0.5) is 0 Å². The standard InChI is InChI=1S/C13H26N2O/c1-5-13(4,9-14)12(16)15-10(2)7-6-8-11(15)3/h10-11H,5-9,14H2,1-4H3. The predicted octanol–water partition coefficient (Wildman–Crippen LogP) is 2.15. The third kappa shape index (κ3) is 2.40. The minimum Gasteiger partial charge on any atom is -0.337 e. The summed E-state index contributed by atoms with van der Waals surface area (Å²) in [5.41, 5.74) is 5.39. The molecule has 0 aromatic rings. The Kier molecular flexibility index (Phi) is 4.36. The number of rotatable bonds is 3. The highest BCUT2D eigenvalue weighted by atomic mass is 16.2. The van der Waals surface area contributed by atoms with Gasteiger partial charge in [-0.15, -0.1) is 0 Å². The first-order valence-electron chi connectivity index (χ1n) is 6.49. The van der Waals surface area contributed by atoms with Gasteiger partial charge in [0.05, 0.1) is 5.41 Å². The lowest BCUT2D eigenvalue weighted by molar-refractivity contribution is -0.147. The minimum absolute atomic E-state index is 0.247. The molecule has 0 aliphatic carbocycles. The third-order valence-electron chi connectivity index (χ3n) is 4.18. The van der Waals surface area contributed by atoms with Gasteiger partial charge in [0.15, 0.2) is 0 Å². The highest BCUT2D eigenvalue weighted by Gasteiger charge is 2.38. The van der Waals surface area contributed by atoms with Gasteiger partial charge in [-0.1, -0.05) is 6.92 Å². The van der Waals surface area contributed by atoms with Crippen LogP contribution in [-0.2, 0) is 4.79 Å². The Morgan fingerprint density at radius 3 is 2.25 bits per heavy atom. The summed E-state index contributed by atoms with van der Waals surface area (Å²) in [7, 11) is 0. The lowest BCUT2D eigenvalue weighted by Gasteiger charge is -2.43. The molecule has 3 nitrogen and oxygen atoms in total. The average Bonchev–Trinajstić information content (AvgIpc) is 2.27. The molecule has 0 radical (unpaired) electrons. The number of carbonyl (C=O) groups is 1. The third-order valence-corrected chi connectivity index (χ3v) is 4.18. The van der Waals surface area contributed by atoms with Crippen LogP contribution in [0.25, 0.3) is 0 Å². The van der Waals surface area contributed by atoms with E-state index in [1.807, 2.05) is 13.8 Å². The van der Waals surface area contributed by atoms with Crippen molar-refractivity contribution in [1.82, 2.24) is 4.90 Å². The van der Waals surface area contributed by atoms with Gasteiger partial charge in [-0.2, -0.15) is 0 Å². The summed E-state index contributed by atoms with van der Waals surface area (Å²) in [4.78, 5) is 14.6. The smallest absolute Gasteiger partial charge is 0.230 e. The van der Waals surface area contributed by atoms with E-state index in [9.17, 15) is 4.79 Å². The molecule has 1 rings (SSSR count). The van der Waals surface area contributed by atoms with Crippen molar-refractivity contribution >= 4 is 5.91 Å². The van der Waals surface area contributed by atoms with E-state index in [1.165, 1.54) is 6.42 Å². The molecule has 0 aromatic heterocycles. The number of amides is 1. The summed E-state index contributed by atoms with van der Waals surface area (Å²) in [5, 5.41) is 0. The first-order valence-corrected chi connectivity index (χ1v) is 6.49. The zero-order valence-electron chi connectivity index (χ0n) is 11.1. The topological polar surface area (TPSA) is 46.3 Å². The number of nitrogens with two attached hydrogens (primary N) is 1. The Hall–Kier alpha value is -0.570. The molecular weight excluding hydrogens is 200 g/mol.